The molecule has 1 aromatic heterocycles. The van der Waals surface area contributed by atoms with Crippen LogP contribution in [0.15, 0.2) is 24.4 Å². The largest absolute Gasteiger partial charge is 0.480 e. The van der Waals surface area contributed by atoms with Crippen molar-refractivity contribution in [3.63, 3.8) is 0 Å². The van der Waals surface area contributed by atoms with Crippen molar-refractivity contribution < 1.29 is 9.90 Å². The molecule has 1 heterocycles. The van der Waals surface area contributed by atoms with E-state index in [0.717, 1.165) is 12.1 Å². The number of likely N-dealkylation sites (N-methyl/N-ethyl adjacent to an activating group) is 1. The van der Waals surface area contributed by atoms with Crippen LogP contribution >= 0.6 is 0 Å². The summed E-state index contributed by atoms with van der Waals surface area (Å²) in [5, 5.41) is 9.24. The van der Waals surface area contributed by atoms with Crippen molar-refractivity contribution in [3.05, 3.63) is 30.1 Å². The molecule has 1 unspecified atom stereocenters. The third-order valence-electron chi connectivity index (χ3n) is 3.42. The summed E-state index contributed by atoms with van der Waals surface area (Å²) in [6, 6.07) is 5.77. The van der Waals surface area contributed by atoms with Gasteiger partial charge in [0.1, 0.15) is 5.54 Å². The van der Waals surface area contributed by atoms with Gasteiger partial charge < -0.3 is 5.11 Å². The lowest BCUT2D eigenvalue weighted by atomic mass is 9.97. The van der Waals surface area contributed by atoms with Gasteiger partial charge in [-0.15, -0.1) is 0 Å². The highest BCUT2D eigenvalue weighted by molar-refractivity contribution is 5.78. The van der Waals surface area contributed by atoms with Crippen LogP contribution in [0, 0.1) is 0 Å². The second-order valence-electron chi connectivity index (χ2n) is 4.43. The summed E-state index contributed by atoms with van der Waals surface area (Å²) >= 11 is 0. The third kappa shape index (κ3) is 3.27. The van der Waals surface area contributed by atoms with Gasteiger partial charge in [0.15, 0.2) is 0 Å². The predicted octanol–water partition coefficient (Wildman–Crippen LogP) is 1.81. The van der Waals surface area contributed by atoms with Crippen molar-refractivity contribution in [3.8, 4) is 0 Å². The van der Waals surface area contributed by atoms with Crippen molar-refractivity contribution in [2.24, 2.45) is 0 Å². The quantitative estimate of drug-likeness (QED) is 0.818. The summed E-state index contributed by atoms with van der Waals surface area (Å²) in [6.45, 7) is 4.34. The van der Waals surface area contributed by atoms with Gasteiger partial charge in [-0.1, -0.05) is 13.0 Å². The second kappa shape index (κ2) is 5.77. The summed E-state index contributed by atoms with van der Waals surface area (Å²) in [5.74, 6) is -0.775. The van der Waals surface area contributed by atoms with E-state index in [0.29, 0.717) is 13.0 Å². The van der Waals surface area contributed by atoms with Gasteiger partial charge in [0.2, 0.25) is 0 Å². The highest BCUT2D eigenvalue weighted by atomic mass is 16.4. The van der Waals surface area contributed by atoms with Crippen LogP contribution in [0.2, 0.25) is 0 Å². The molecule has 0 aromatic carbocycles. The Kier molecular flexibility index (Phi) is 4.63. The zero-order valence-corrected chi connectivity index (χ0v) is 10.7. The first kappa shape index (κ1) is 13.6. The molecule has 0 aliphatic heterocycles. The predicted molar refractivity (Wildman–Crippen MR) is 66.9 cm³/mol. The highest BCUT2D eigenvalue weighted by Gasteiger charge is 2.35. The molecule has 1 N–H and O–H groups in total. The Morgan fingerprint density at radius 1 is 1.53 bits per heavy atom. The second-order valence-corrected chi connectivity index (χ2v) is 4.43. The third-order valence-corrected chi connectivity index (χ3v) is 3.42. The average molecular weight is 236 g/mol. The molecule has 0 amide bonds. The van der Waals surface area contributed by atoms with Crippen LogP contribution in [-0.2, 0) is 11.2 Å². The Hall–Kier alpha value is -1.42. The number of aliphatic carboxylic acids is 1. The fourth-order valence-corrected chi connectivity index (χ4v) is 1.66. The van der Waals surface area contributed by atoms with Crippen molar-refractivity contribution >= 4 is 5.97 Å². The maximum absolute atomic E-state index is 11.2. The summed E-state index contributed by atoms with van der Waals surface area (Å²) < 4.78 is 0. The minimum absolute atomic E-state index is 0.584. The fourth-order valence-electron chi connectivity index (χ4n) is 1.66. The van der Waals surface area contributed by atoms with Gasteiger partial charge in [0.05, 0.1) is 0 Å². The standard InChI is InChI=1S/C13H20N2O2/c1-4-13(2,12(16)17)15(3)10-8-11-7-5-6-9-14-11/h5-7,9H,4,8,10H2,1-3H3,(H,16,17). The Morgan fingerprint density at radius 2 is 2.24 bits per heavy atom. The first-order chi connectivity index (χ1) is 8.00. The molecule has 4 heteroatoms. The molecule has 0 saturated heterocycles. The van der Waals surface area contributed by atoms with Gasteiger partial charge in [-0.05, 0) is 32.5 Å². The van der Waals surface area contributed by atoms with Crippen molar-refractivity contribution in [1.29, 1.82) is 0 Å². The molecule has 0 radical (unpaired) electrons. The van der Waals surface area contributed by atoms with Crippen LogP contribution in [0.25, 0.3) is 0 Å². The molecule has 0 saturated carbocycles. The number of rotatable bonds is 6. The molecule has 94 valence electrons. The van der Waals surface area contributed by atoms with Gasteiger partial charge in [-0.2, -0.15) is 0 Å². The van der Waals surface area contributed by atoms with Crippen LogP contribution in [0.5, 0.6) is 0 Å². The van der Waals surface area contributed by atoms with Crippen molar-refractivity contribution in [2.45, 2.75) is 32.2 Å². The maximum Gasteiger partial charge on any atom is 0.323 e. The number of nitrogens with zero attached hydrogens (tertiary/aromatic N) is 2. The van der Waals surface area contributed by atoms with E-state index in [-0.39, 0.29) is 0 Å². The van der Waals surface area contributed by atoms with E-state index < -0.39 is 11.5 Å². The van der Waals surface area contributed by atoms with Crippen molar-refractivity contribution in [1.82, 2.24) is 9.88 Å². The van der Waals surface area contributed by atoms with E-state index >= 15 is 0 Å². The first-order valence-electron chi connectivity index (χ1n) is 5.85. The van der Waals surface area contributed by atoms with E-state index in [4.69, 9.17) is 0 Å². The molecule has 0 fully saturated rings. The molecule has 0 aliphatic rings. The number of carboxylic acid groups (broad SMARTS) is 1. The molecular weight excluding hydrogens is 216 g/mol. The zero-order valence-electron chi connectivity index (χ0n) is 10.7. The maximum atomic E-state index is 11.2. The van der Waals surface area contributed by atoms with Gasteiger partial charge in [0, 0.05) is 24.9 Å². The smallest absolute Gasteiger partial charge is 0.323 e. The molecular formula is C13H20N2O2. The fraction of sp³-hybridized carbons (Fsp3) is 0.538. The minimum Gasteiger partial charge on any atom is -0.480 e. The lowest BCUT2D eigenvalue weighted by molar-refractivity contribution is -0.149. The lowest BCUT2D eigenvalue weighted by Gasteiger charge is -2.34. The molecule has 1 aromatic rings. The van der Waals surface area contributed by atoms with E-state index in [1.54, 1.807) is 13.1 Å². The summed E-state index contributed by atoms with van der Waals surface area (Å²) in [4.78, 5) is 17.4. The number of pyridine rings is 1. The summed E-state index contributed by atoms with van der Waals surface area (Å²) in [7, 11) is 1.85. The number of carbonyl (C=O) groups is 1. The van der Waals surface area contributed by atoms with Gasteiger partial charge in [-0.25, -0.2) is 0 Å². The monoisotopic (exact) mass is 236 g/mol. The van der Waals surface area contributed by atoms with E-state index in [1.807, 2.05) is 37.1 Å². The average Bonchev–Trinajstić information content (AvgIpc) is 2.35. The van der Waals surface area contributed by atoms with Gasteiger partial charge in [0.25, 0.3) is 0 Å². The SMILES string of the molecule is CCC(C)(C(=O)O)N(C)CCc1ccccn1. The molecule has 17 heavy (non-hydrogen) atoms. The summed E-state index contributed by atoms with van der Waals surface area (Å²) in [5.41, 5.74) is 0.192. The van der Waals surface area contributed by atoms with Crippen LogP contribution < -0.4 is 0 Å². The zero-order chi connectivity index (χ0) is 12.9. The number of hydrogen-bond donors (Lipinski definition) is 1. The first-order valence-corrected chi connectivity index (χ1v) is 5.85. The normalized spacial score (nSPS) is 14.6. The number of hydrogen-bond acceptors (Lipinski definition) is 3. The number of aromatic nitrogens is 1. The Labute approximate surface area is 102 Å². The Balaban J connectivity index is 2.60. The molecule has 0 aliphatic carbocycles. The molecule has 1 rings (SSSR count). The lowest BCUT2D eigenvalue weighted by Crippen LogP contribution is -2.50. The van der Waals surface area contributed by atoms with Crippen LogP contribution in [0.4, 0.5) is 0 Å². The molecule has 4 nitrogen and oxygen atoms in total. The number of carboxylic acids is 1. The van der Waals surface area contributed by atoms with Crippen LogP contribution in [0.1, 0.15) is 26.0 Å². The summed E-state index contributed by atoms with van der Waals surface area (Å²) in [6.07, 6.45) is 3.10. The van der Waals surface area contributed by atoms with E-state index in [1.165, 1.54) is 0 Å². The van der Waals surface area contributed by atoms with Gasteiger partial charge in [-0.3, -0.25) is 14.7 Å². The van der Waals surface area contributed by atoms with Crippen LogP contribution in [0.3, 0.4) is 0 Å². The topological polar surface area (TPSA) is 53.4 Å². The van der Waals surface area contributed by atoms with Gasteiger partial charge >= 0.3 is 5.97 Å². The van der Waals surface area contributed by atoms with E-state index in [9.17, 15) is 9.90 Å². The highest BCUT2D eigenvalue weighted by Crippen LogP contribution is 2.18. The molecule has 1 atom stereocenters. The van der Waals surface area contributed by atoms with Crippen LogP contribution in [-0.4, -0.2) is 40.1 Å². The Bertz CT molecular complexity index is 367. The minimum atomic E-state index is -0.797. The molecule has 0 bridgehead atoms. The Morgan fingerprint density at radius 3 is 2.71 bits per heavy atom. The van der Waals surface area contributed by atoms with Crippen molar-refractivity contribution in [2.75, 3.05) is 13.6 Å². The molecule has 0 spiro atoms. The van der Waals surface area contributed by atoms with E-state index in [2.05, 4.69) is 4.98 Å².